The Labute approximate surface area is 153 Å². The molecule has 1 unspecified atom stereocenters. The van der Waals surface area contributed by atoms with E-state index in [1.807, 2.05) is 13.8 Å². The maximum Gasteiger partial charge on any atom is 0.294 e. The molecule has 2 aromatic heterocycles. The first kappa shape index (κ1) is 18.2. The summed E-state index contributed by atoms with van der Waals surface area (Å²) in [6.07, 6.45) is 3.32. The first-order chi connectivity index (χ1) is 12.9. The average molecular weight is 370 g/mol. The van der Waals surface area contributed by atoms with E-state index in [0.29, 0.717) is 0 Å². The molecule has 1 aromatic carbocycles. The average Bonchev–Trinajstić information content (AvgIpc) is 3.08. The number of para-hydroxylation sites is 2. The number of nitro groups is 1. The molecule has 0 radical (unpaired) electrons. The highest BCUT2D eigenvalue weighted by Crippen LogP contribution is 2.23. The fraction of sp³-hybridized carbons (Fsp3) is 0.294. The number of carbonyl (C=O) groups excluding carboxylic acids is 1. The summed E-state index contributed by atoms with van der Waals surface area (Å²) in [6, 6.07) is 6.06. The van der Waals surface area contributed by atoms with Gasteiger partial charge in [0.2, 0.25) is 5.91 Å². The Morgan fingerprint density at radius 3 is 2.81 bits per heavy atom. The molecule has 0 bridgehead atoms. The van der Waals surface area contributed by atoms with Crippen LogP contribution in [0.15, 0.2) is 41.6 Å². The molecule has 140 valence electrons. The van der Waals surface area contributed by atoms with Gasteiger partial charge in [0.25, 0.3) is 11.2 Å². The topological polar surface area (TPSA) is 125 Å². The summed E-state index contributed by atoms with van der Waals surface area (Å²) in [5.74, 6) is -0.293. The van der Waals surface area contributed by atoms with Gasteiger partial charge < -0.3 is 5.32 Å². The number of nitrogens with one attached hydrogen (secondary N) is 1. The molecule has 10 heteroatoms. The first-order valence-corrected chi connectivity index (χ1v) is 8.38. The zero-order valence-corrected chi connectivity index (χ0v) is 14.8. The second kappa shape index (κ2) is 7.36. The lowest BCUT2D eigenvalue weighted by Gasteiger charge is -2.12. The van der Waals surface area contributed by atoms with Crippen LogP contribution in [0.1, 0.15) is 20.3 Å². The van der Waals surface area contributed by atoms with E-state index >= 15 is 0 Å². The van der Waals surface area contributed by atoms with Crippen LogP contribution in [0.5, 0.6) is 0 Å². The molecule has 27 heavy (non-hydrogen) atoms. The molecule has 2 heterocycles. The number of rotatable bonds is 6. The number of fused-ring (bicyclic) bond motifs is 1. The monoisotopic (exact) mass is 370 g/mol. The number of nitro benzene ring substituents is 1. The Bertz CT molecular complexity index is 1070. The zero-order valence-electron chi connectivity index (χ0n) is 14.8. The van der Waals surface area contributed by atoms with Gasteiger partial charge in [0.05, 0.1) is 11.1 Å². The highest BCUT2D eigenvalue weighted by Gasteiger charge is 2.19. The summed E-state index contributed by atoms with van der Waals surface area (Å²) in [6.45, 7) is 3.66. The molecule has 0 saturated carbocycles. The summed E-state index contributed by atoms with van der Waals surface area (Å²) >= 11 is 0. The minimum atomic E-state index is -0.524. The smallest absolute Gasteiger partial charge is 0.294 e. The van der Waals surface area contributed by atoms with E-state index < -0.39 is 10.5 Å². The molecule has 10 nitrogen and oxygen atoms in total. The lowest BCUT2D eigenvalue weighted by molar-refractivity contribution is -0.384. The normalized spacial score (nSPS) is 12.1. The van der Waals surface area contributed by atoms with Crippen molar-refractivity contribution in [2.24, 2.45) is 0 Å². The fourth-order valence-electron chi connectivity index (χ4n) is 2.61. The zero-order chi connectivity index (χ0) is 19.6. The van der Waals surface area contributed by atoms with Crippen LogP contribution in [0, 0.1) is 10.1 Å². The number of aromatic nitrogens is 4. The highest BCUT2D eigenvalue weighted by molar-refractivity contribution is 5.78. The summed E-state index contributed by atoms with van der Waals surface area (Å²) in [5.41, 5.74) is -0.199. The van der Waals surface area contributed by atoms with Crippen molar-refractivity contribution in [2.45, 2.75) is 32.9 Å². The van der Waals surface area contributed by atoms with Crippen molar-refractivity contribution in [1.82, 2.24) is 24.6 Å². The van der Waals surface area contributed by atoms with Gasteiger partial charge >= 0.3 is 0 Å². The van der Waals surface area contributed by atoms with Gasteiger partial charge in [-0.05, 0) is 19.4 Å². The van der Waals surface area contributed by atoms with Gasteiger partial charge in [0, 0.05) is 12.1 Å². The molecule has 0 spiro atoms. The van der Waals surface area contributed by atoms with E-state index in [2.05, 4.69) is 15.4 Å². The molecule has 1 amide bonds. The van der Waals surface area contributed by atoms with Crippen LogP contribution in [0.25, 0.3) is 16.7 Å². The Balaban J connectivity index is 2.00. The van der Waals surface area contributed by atoms with Gasteiger partial charge in [-0.15, -0.1) is 0 Å². The molecule has 0 aliphatic carbocycles. The van der Waals surface area contributed by atoms with Crippen molar-refractivity contribution in [2.75, 3.05) is 0 Å². The third-order valence-electron chi connectivity index (χ3n) is 4.19. The lowest BCUT2D eigenvalue weighted by atomic mass is 10.2. The molecule has 0 saturated heterocycles. The van der Waals surface area contributed by atoms with Crippen LogP contribution >= 0.6 is 0 Å². The third kappa shape index (κ3) is 3.54. The van der Waals surface area contributed by atoms with E-state index in [9.17, 15) is 19.7 Å². The minimum Gasteiger partial charge on any atom is -0.352 e. The summed E-state index contributed by atoms with van der Waals surface area (Å²) in [7, 11) is 0. The van der Waals surface area contributed by atoms with Gasteiger partial charge in [-0.3, -0.25) is 24.3 Å². The predicted molar refractivity (Wildman–Crippen MR) is 97.7 cm³/mol. The molecule has 3 rings (SSSR count). The number of hydrogen-bond acceptors (Lipinski definition) is 6. The quantitative estimate of drug-likeness (QED) is 0.516. The van der Waals surface area contributed by atoms with Crippen LogP contribution in [0.3, 0.4) is 0 Å². The van der Waals surface area contributed by atoms with Crippen LogP contribution in [-0.2, 0) is 11.3 Å². The number of hydrogen-bond donors (Lipinski definition) is 1. The minimum absolute atomic E-state index is 0.00581. The fourth-order valence-corrected chi connectivity index (χ4v) is 2.61. The van der Waals surface area contributed by atoms with Crippen LogP contribution in [0.4, 0.5) is 5.69 Å². The van der Waals surface area contributed by atoms with Gasteiger partial charge in [0.15, 0.2) is 5.65 Å². The molecule has 0 aliphatic rings. The summed E-state index contributed by atoms with van der Waals surface area (Å²) in [4.78, 5) is 39.6. The van der Waals surface area contributed by atoms with E-state index in [1.165, 1.54) is 33.9 Å². The number of amides is 1. The van der Waals surface area contributed by atoms with Gasteiger partial charge in [0.1, 0.15) is 23.9 Å². The SMILES string of the molecule is CCC(C)NC(=O)Cn1cnc2c(cnn2-c2ccccc2[N+](=O)[O-])c1=O. The van der Waals surface area contributed by atoms with Crippen LogP contribution < -0.4 is 10.9 Å². The standard InChI is InChI=1S/C17H18N6O4/c1-3-11(2)20-15(24)9-21-10-18-16-12(17(21)25)8-19-22(16)13-6-4-5-7-14(13)23(26)27/h4-8,10-11H,3,9H2,1-2H3,(H,20,24). The second-order valence-corrected chi connectivity index (χ2v) is 6.09. The summed E-state index contributed by atoms with van der Waals surface area (Å²) < 4.78 is 2.43. The van der Waals surface area contributed by atoms with Crippen molar-refractivity contribution in [3.8, 4) is 5.69 Å². The molecule has 1 N–H and O–H groups in total. The lowest BCUT2D eigenvalue weighted by Crippen LogP contribution is -2.37. The molecule has 0 aliphatic heterocycles. The van der Waals surface area contributed by atoms with E-state index in [4.69, 9.17) is 0 Å². The molecule has 1 atom stereocenters. The van der Waals surface area contributed by atoms with E-state index in [1.54, 1.807) is 12.1 Å². The maximum atomic E-state index is 12.6. The maximum absolute atomic E-state index is 12.6. The Hall–Kier alpha value is -3.56. The van der Waals surface area contributed by atoms with Gasteiger partial charge in [-0.25, -0.2) is 9.67 Å². The van der Waals surface area contributed by atoms with Crippen molar-refractivity contribution < 1.29 is 9.72 Å². The molecule has 0 fully saturated rings. The van der Waals surface area contributed by atoms with Gasteiger partial charge in [-0.2, -0.15) is 5.10 Å². The predicted octanol–water partition coefficient (Wildman–Crippen LogP) is 1.41. The van der Waals surface area contributed by atoms with E-state index in [0.717, 1.165) is 6.42 Å². The third-order valence-corrected chi connectivity index (χ3v) is 4.19. The Kier molecular flexibility index (Phi) is 4.97. The second-order valence-electron chi connectivity index (χ2n) is 6.09. The number of carbonyl (C=O) groups is 1. The largest absolute Gasteiger partial charge is 0.352 e. The van der Waals surface area contributed by atoms with E-state index in [-0.39, 0.29) is 40.9 Å². The Morgan fingerprint density at radius 2 is 2.11 bits per heavy atom. The van der Waals surface area contributed by atoms with Crippen molar-refractivity contribution in [1.29, 1.82) is 0 Å². The van der Waals surface area contributed by atoms with Gasteiger partial charge in [-0.1, -0.05) is 19.1 Å². The van der Waals surface area contributed by atoms with Crippen molar-refractivity contribution in [3.63, 3.8) is 0 Å². The molecular weight excluding hydrogens is 352 g/mol. The Morgan fingerprint density at radius 1 is 1.37 bits per heavy atom. The summed E-state index contributed by atoms with van der Waals surface area (Å²) in [5, 5.41) is 18.3. The molecular formula is C17H18N6O4. The van der Waals surface area contributed by atoms with Crippen LogP contribution in [0.2, 0.25) is 0 Å². The van der Waals surface area contributed by atoms with Crippen molar-refractivity contribution >= 4 is 22.6 Å². The first-order valence-electron chi connectivity index (χ1n) is 8.38. The molecule has 3 aromatic rings. The highest BCUT2D eigenvalue weighted by atomic mass is 16.6. The van der Waals surface area contributed by atoms with Crippen LogP contribution in [-0.4, -0.2) is 36.2 Å². The van der Waals surface area contributed by atoms with Crippen molar-refractivity contribution in [3.05, 3.63) is 57.3 Å². The number of benzene rings is 1. The number of nitrogens with zero attached hydrogens (tertiary/aromatic N) is 5.